The highest BCUT2D eigenvalue weighted by Gasteiger charge is 2.18. The van der Waals surface area contributed by atoms with Crippen molar-refractivity contribution in [2.24, 2.45) is 0 Å². The van der Waals surface area contributed by atoms with E-state index in [0.29, 0.717) is 17.8 Å². The highest BCUT2D eigenvalue weighted by atomic mass is 16.4. The number of amides is 1. The fraction of sp³-hybridized carbons (Fsp3) is 0.400. The third kappa shape index (κ3) is 5.63. The van der Waals surface area contributed by atoms with E-state index in [1.54, 1.807) is 36.1 Å². The lowest BCUT2D eigenvalue weighted by atomic mass is 10.2. The Bertz CT molecular complexity index is 551. The molecule has 0 spiro atoms. The summed E-state index contributed by atoms with van der Waals surface area (Å²) in [4.78, 5) is 24.5. The number of likely N-dealkylation sites (N-methyl/N-ethyl adjacent to an activating group) is 1. The third-order valence-corrected chi connectivity index (χ3v) is 3.12. The molecule has 1 atom stereocenters. The second-order valence-corrected chi connectivity index (χ2v) is 4.75. The molecule has 0 saturated heterocycles. The highest BCUT2D eigenvalue weighted by Crippen LogP contribution is 2.10. The molecule has 1 unspecified atom stereocenters. The van der Waals surface area contributed by atoms with Crippen molar-refractivity contribution >= 4 is 17.6 Å². The first kappa shape index (κ1) is 16.7. The van der Waals surface area contributed by atoms with E-state index >= 15 is 0 Å². The molecule has 6 heteroatoms. The number of rotatable bonds is 7. The number of carbonyl (C=O) groups excluding carboxylic acids is 1. The summed E-state index contributed by atoms with van der Waals surface area (Å²) in [5.74, 6) is -1.12. The Balaban J connectivity index is 2.62. The molecule has 112 valence electrons. The Morgan fingerprint density at radius 3 is 2.76 bits per heavy atom. The molecular weight excluding hydrogens is 270 g/mol. The average Bonchev–Trinajstić information content (AvgIpc) is 2.44. The van der Waals surface area contributed by atoms with E-state index < -0.39 is 5.97 Å². The number of nitrogens with zero attached hydrogens (tertiary/aromatic N) is 2. The second-order valence-electron chi connectivity index (χ2n) is 4.75. The molecule has 0 fully saturated rings. The lowest BCUT2D eigenvalue weighted by Gasteiger charge is -2.25. The average molecular weight is 289 g/mol. The predicted octanol–water partition coefficient (Wildman–Crippen LogP) is 1.68. The van der Waals surface area contributed by atoms with Crippen LogP contribution in [0.15, 0.2) is 24.3 Å². The molecule has 0 saturated carbocycles. The molecule has 6 nitrogen and oxygen atoms in total. The minimum absolute atomic E-state index is 0.00889. The standard InChI is InChI=1S/C15H19N3O3/c1-3-18(11(2)7-15(20)21)10-14(19)17-13-6-4-5-12(8-13)9-16/h4-6,8,11H,3,7,10H2,1-2H3,(H,17,19)(H,20,21). The maximum atomic E-state index is 12.0. The van der Waals surface area contributed by atoms with Crippen LogP contribution < -0.4 is 5.32 Å². The van der Waals surface area contributed by atoms with Gasteiger partial charge in [-0.05, 0) is 31.7 Å². The van der Waals surface area contributed by atoms with Gasteiger partial charge in [-0.2, -0.15) is 5.26 Å². The fourth-order valence-electron chi connectivity index (χ4n) is 2.01. The van der Waals surface area contributed by atoms with E-state index in [2.05, 4.69) is 5.32 Å². The molecule has 0 aliphatic rings. The van der Waals surface area contributed by atoms with Crippen molar-refractivity contribution in [1.29, 1.82) is 5.26 Å². The molecule has 0 heterocycles. The van der Waals surface area contributed by atoms with Crippen molar-refractivity contribution in [3.63, 3.8) is 0 Å². The van der Waals surface area contributed by atoms with Crippen molar-refractivity contribution in [1.82, 2.24) is 4.90 Å². The van der Waals surface area contributed by atoms with Gasteiger partial charge in [0.25, 0.3) is 0 Å². The number of nitriles is 1. The Morgan fingerprint density at radius 1 is 1.48 bits per heavy atom. The Kier molecular flexibility index (Phi) is 6.37. The van der Waals surface area contributed by atoms with Crippen molar-refractivity contribution in [2.45, 2.75) is 26.3 Å². The van der Waals surface area contributed by atoms with Crippen LogP contribution in [0.2, 0.25) is 0 Å². The molecule has 0 aliphatic heterocycles. The van der Waals surface area contributed by atoms with Crippen LogP contribution in [0, 0.1) is 11.3 Å². The van der Waals surface area contributed by atoms with E-state index in [1.807, 2.05) is 13.0 Å². The number of benzene rings is 1. The van der Waals surface area contributed by atoms with Crippen LogP contribution in [0.4, 0.5) is 5.69 Å². The van der Waals surface area contributed by atoms with Crippen molar-refractivity contribution < 1.29 is 14.7 Å². The van der Waals surface area contributed by atoms with Gasteiger partial charge in [0.2, 0.25) is 5.91 Å². The molecule has 0 aliphatic carbocycles. The summed E-state index contributed by atoms with van der Waals surface area (Å²) in [6.45, 7) is 4.35. The smallest absolute Gasteiger partial charge is 0.304 e. The molecule has 21 heavy (non-hydrogen) atoms. The third-order valence-electron chi connectivity index (χ3n) is 3.12. The normalized spacial score (nSPS) is 11.7. The van der Waals surface area contributed by atoms with Crippen LogP contribution in [0.5, 0.6) is 0 Å². The fourth-order valence-corrected chi connectivity index (χ4v) is 2.01. The topological polar surface area (TPSA) is 93.4 Å². The zero-order chi connectivity index (χ0) is 15.8. The van der Waals surface area contributed by atoms with Gasteiger partial charge in [-0.15, -0.1) is 0 Å². The zero-order valence-corrected chi connectivity index (χ0v) is 12.2. The molecular formula is C15H19N3O3. The van der Waals surface area contributed by atoms with Crippen LogP contribution in [0.25, 0.3) is 0 Å². The van der Waals surface area contributed by atoms with Crippen LogP contribution in [0.1, 0.15) is 25.8 Å². The number of carboxylic acid groups (broad SMARTS) is 1. The van der Waals surface area contributed by atoms with E-state index in [9.17, 15) is 9.59 Å². The Labute approximate surface area is 124 Å². The van der Waals surface area contributed by atoms with Gasteiger partial charge in [0.15, 0.2) is 0 Å². The maximum Gasteiger partial charge on any atom is 0.304 e. The summed E-state index contributed by atoms with van der Waals surface area (Å²) in [5.41, 5.74) is 1.03. The minimum Gasteiger partial charge on any atom is -0.481 e. The lowest BCUT2D eigenvalue weighted by Crippen LogP contribution is -2.40. The van der Waals surface area contributed by atoms with Gasteiger partial charge < -0.3 is 10.4 Å². The van der Waals surface area contributed by atoms with Gasteiger partial charge in [0.05, 0.1) is 24.6 Å². The first-order valence-corrected chi connectivity index (χ1v) is 6.72. The summed E-state index contributed by atoms with van der Waals surface area (Å²) in [5, 5.41) is 20.3. The van der Waals surface area contributed by atoms with Crippen molar-refractivity contribution in [2.75, 3.05) is 18.4 Å². The van der Waals surface area contributed by atoms with Crippen LogP contribution in [0.3, 0.4) is 0 Å². The molecule has 1 rings (SSSR count). The SMILES string of the molecule is CCN(CC(=O)Nc1cccc(C#N)c1)C(C)CC(=O)O. The predicted molar refractivity (Wildman–Crippen MR) is 78.7 cm³/mol. The van der Waals surface area contributed by atoms with Gasteiger partial charge in [0.1, 0.15) is 0 Å². The number of hydrogen-bond acceptors (Lipinski definition) is 4. The number of nitrogens with one attached hydrogen (secondary N) is 1. The molecule has 2 N–H and O–H groups in total. The summed E-state index contributed by atoms with van der Waals surface area (Å²) < 4.78 is 0. The molecule has 0 aromatic heterocycles. The summed E-state index contributed by atoms with van der Waals surface area (Å²) in [6.07, 6.45) is -0.00889. The summed E-state index contributed by atoms with van der Waals surface area (Å²) >= 11 is 0. The maximum absolute atomic E-state index is 12.0. The number of aliphatic carboxylic acids is 1. The monoisotopic (exact) mass is 289 g/mol. The summed E-state index contributed by atoms with van der Waals surface area (Å²) in [7, 11) is 0. The molecule has 0 bridgehead atoms. The lowest BCUT2D eigenvalue weighted by molar-refractivity contribution is -0.138. The van der Waals surface area contributed by atoms with Crippen LogP contribution >= 0.6 is 0 Å². The largest absolute Gasteiger partial charge is 0.481 e. The number of carboxylic acids is 1. The first-order valence-electron chi connectivity index (χ1n) is 6.72. The van der Waals surface area contributed by atoms with Gasteiger partial charge in [-0.1, -0.05) is 13.0 Å². The quantitative estimate of drug-likeness (QED) is 0.796. The minimum atomic E-state index is -0.886. The Hall–Kier alpha value is -2.39. The van der Waals surface area contributed by atoms with Crippen molar-refractivity contribution in [3.05, 3.63) is 29.8 Å². The summed E-state index contributed by atoms with van der Waals surface area (Å²) in [6, 6.07) is 8.43. The molecule has 1 aromatic rings. The van der Waals surface area contributed by atoms with Gasteiger partial charge >= 0.3 is 5.97 Å². The van der Waals surface area contributed by atoms with Crippen LogP contribution in [-0.2, 0) is 9.59 Å². The number of carbonyl (C=O) groups is 2. The van der Waals surface area contributed by atoms with E-state index in [-0.39, 0.29) is 24.9 Å². The van der Waals surface area contributed by atoms with Gasteiger partial charge in [-0.25, -0.2) is 0 Å². The van der Waals surface area contributed by atoms with E-state index in [0.717, 1.165) is 0 Å². The van der Waals surface area contributed by atoms with Crippen molar-refractivity contribution in [3.8, 4) is 6.07 Å². The molecule has 1 aromatic carbocycles. The zero-order valence-electron chi connectivity index (χ0n) is 12.2. The molecule has 0 radical (unpaired) electrons. The first-order chi connectivity index (χ1) is 9.96. The number of hydrogen-bond donors (Lipinski definition) is 2. The number of anilines is 1. The molecule has 1 amide bonds. The van der Waals surface area contributed by atoms with Gasteiger partial charge in [-0.3, -0.25) is 14.5 Å². The van der Waals surface area contributed by atoms with Gasteiger partial charge in [0, 0.05) is 11.7 Å². The second kappa shape index (κ2) is 8.02. The Morgan fingerprint density at radius 2 is 2.19 bits per heavy atom. The van der Waals surface area contributed by atoms with E-state index in [4.69, 9.17) is 10.4 Å². The highest BCUT2D eigenvalue weighted by molar-refractivity contribution is 5.92. The van der Waals surface area contributed by atoms with E-state index in [1.165, 1.54) is 0 Å². The van der Waals surface area contributed by atoms with Crippen LogP contribution in [-0.4, -0.2) is 41.0 Å².